The van der Waals surface area contributed by atoms with Crippen molar-refractivity contribution in [1.82, 2.24) is 9.66 Å². The van der Waals surface area contributed by atoms with E-state index in [0.29, 0.717) is 32.0 Å². The number of pyridine rings is 1. The summed E-state index contributed by atoms with van der Waals surface area (Å²) >= 11 is 13.7. The third-order valence-electron chi connectivity index (χ3n) is 4.83. The second-order valence-corrected chi connectivity index (χ2v) is 8.57. The molecule has 2 aromatic heterocycles. The molecule has 0 saturated heterocycles. The minimum atomic E-state index is 0.436. The van der Waals surface area contributed by atoms with Gasteiger partial charge in [-0.3, -0.25) is 4.98 Å². The van der Waals surface area contributed by atoms with Crippen molar-refractivity contribution in [3.8, 4) is 22.8 Å². The summed E-state index contributed by atoms with van der Waals surface area (Å²) in [7, 11) is 3.26. The molecule has 9 heteroatoms. The Bertz CT molecular complexity index is 1380. The highest BCUT2D eigenvalue weighted by atomic mass is 35.5. The first-order valence-corrected chi connectivity index (χ1v) is 11.5. The standard InChI is InChI=1S/C24H20Cl2N4O2S/c1-15(16-5-4-10-27-13-16)29-30-22(19-12-18(31-2)7-9-23(19)32-3)14-33-24(30)28-17-6-8-20(25)21(26)11-17/h4-14H,1-3H3. The number of ether oxygens (including phenoxy) is 2. The molecule has 0 aliphatic heterocycles. The lowest BCUT2D eigenvalue weighted by Crippen LogP contribution is -2.14. The fourth-order valence-electron chi connectivity index (χ4n) is 3.12. The zero-order valence-corrected chi connectivity index (χ0v) is 20.4. The second-order valence-electron chi connectivity index (χ2n) is 6.92. The van der Waals surface area contributed by atoms with Gasteiger partial charge >= 0.3 is 0 Å². The molecule has 6 nitrogen and oxygen atoms in total. The number of methoxy groups -OCH3 is 2. The molecule has 4 aromatic rings. The Labute approximate surface area is 205 Å². The smallest absolute Gasteiger partial charge is 0.211 e. The Kier molecular flexibility index (Phi) is 7.13. The van der Waals surface area contributed by atoms with Crippen LogP contribution >= 0.6 is 34.5 Å². The van der Waals surface area contributed by atoms with Crippen molar-refractivity contribution in [2.75, 3.05) is 14.2 Å². The van der Waals surface area contributed by atoms with Gasteiger partial charge in [0.05, 0.1) is 41.4 Å². The molecule has 168 valence electrons. The number of rotatable bonds is 6. The van der Waals surface area contributed by atoms with E-state index in [0.717, 1.165) is 22.5 Å². The van der Waals surface area contributed by atoms with E-state index in [2.05, 4.69) is 4.98 Å². The van der Waals surface area contributed by atoms with Crippen LogP contribution in [0.2, 0.25) is 10.0 Å². The number of nitrogens with zero attached hydrogens (tertiary/aromatic N) is 4. The molecule has 0 N–H and O–H groups in total. The molecule has 0 saturated carbocycles. The van der Waals surface area contributed by atoms with Crippen LogP contribution in [0.1, 0.15) is 12.5 Å². The first-order valence-electron chi connectivity index (χ1n) is 9.89. The number of halogens is 2. The summed E-state index contributed by atoms with van der Waals surface area (Å²) in [4.78, 5) is 9.63. The van der Waals surface area contributed by atoms with Crippen molar-refractivity contribution in [1.29, 1.82) is 0 Å². The Hall–Kier alpha value is -3.13. The fraction of sp³-hybridized carbons (Fsp3) is 0.125. The van der Waals surface area contributed by atoms with Crippen molar-refractivity contribution >= 4 is 45.9 Å². The van der Waals surface area contributed by atoms with Crippen LogP contribution in [0, 0.1) is 0 Å². The molecule has 2 heterocycles. The monoisotopic (exact) mass is 498 g/mol. The zero-order chi connectivity index (χ0) is 23.4. The quantitative estimate of drug-likeness (QED) is 0.287. The molecule has 0 spiro atoms. The van der Waals surface area contributed by atoms with Crippen LogP contribution in [-0.4, -0.2) is 29.6 Å². The molecule has 0 fully saturated rings. The van der Waals surface area contributed by atoms with Gasteiger partial charge in [0.2, 0.25) is 4.80 Å². The topological polar surface area (TPSA) is 61.0 Å². The lowest BCUT2D eigenvalue weighted by molar-refractivity contribution is 0.404. The summed E-state index contributed by atoms with van der Waals surface area (Å²) in [5, 5.41) is 7.78. The highest BCUT2D eigenvalue weighted by molar-refractivity contribution is 7.07. The predicted molar refractivity (Wildman–Crippen MR) is 134 cm³/mol. The maximum Gasteiger partial charge on any atom is 0.211 e. The van der Waals surface area contributed by atoms with Crippen molar-refractivity contribution in [2.24, 2.45) is 10.1 Å². The molecule has 0 aliphatic carbocycles. The number of thiazole rings is 1. The van der Waals surface area contributed by atoms with Crippen LogP contribution in [0.3, 0.4) is 0 Å². The van der Waals surface area contributed by atoms with E-state index in [1.165, 1.54) is 11.3 Å². The number of aromatic nitrogens is 2. The van der Waals surface area contributed by atoms with Crippen LogP contribution in [0.5, 0.6) is 11.5 Å². The minimum absolute atomic E-state index is 0.436. The zero-order valence-electron chi connectivity index (χ0n) is 18.1. The van der Waals surface area contributed by atoms with Gasteiger partial charge in [-0.1, -0.05) is 29.3 Å². The molecule has 0 aliphatic rings. The Morgan fingerprint density at radius 3 is 2.58 bits per heavy atom. The third-order valence-corrected chi connectivity index (χ3v) is 6.38. The van der Waals surface area contributed by atoms with E-state index >= 15 is 0 Å². The van der Waals surface area contributed by atoms with Gasteiger partial charge in [-0.05, 0) is 49.4 Å². The van der Waals surface area contributed by atoms with E-state index in [4.69, 9.17) is 42.8 Å². The molecule has 4 rings (SSSR count). The summed E-state index contributed by atoms with van der Waals surface area (Å²) in [6, 6.07) is 14.7. The lowest BCUT2D eigenvalue weighted by Gasteiger charge is -2.11. The minimum Gasteiger partial charge on any atom is -0.497 e. The lowest BCUT2D eigenvalue weighted by atomic mass is 10.1. The molecular weight excluding hydrogens is 479 g/mol. The van der Waals surface area contributed by atoms with E-state index in [1.807, 2.05) is 48.7 Å². The largest absolute Gasteiger partial charge is 0.497 e. The summed E-state index contributed by atoms with van der Waals surface area (Å²) in [6.45, 7) is 1.93. The predicted octanol–water partition coefficient (Wildman–Crippen LogP) is 6.44. The summed E-state index contributed by atoms with van der Waals surface area (Å²) in [6.07, 6.45) is 3.50. The summed E-state index contributed by atoms with van der Waals surface area (Å²) < 4.78 is 12.8. The number of benzene rings is 2. The first-order chi connectivity index (χ1) is 16.0. The van der Waals surface area contributed by atoms with Gasteiger partial charge in [-0.15, -0.1) is 11.3 Å². The van der Waals surface area contributed by atoms with Crippen molar-refractivity contribution in [2.45, 2.75) is 6.92 Å². The highest BCUT2D eigenvalue weighted by Gasteiger charge is 2.15. The SMILES string of the molecule is COc1ccc(OC)c(-c2csc(=Nc3ccc(Cl)c(Cl)c3)n2N=C(C)c2cccnc2)c1. The van der Waals surface area contributed by atoms with Crippen LogP contribution in [0.15, 0.2) is 76.4 Å². The van der Waals surface area contributed by atoms with E-state index in [-0.39, 0.29) is 0 Å². The molecule has 0 unspecified atom stereocenters. The van der Waals surface area contributed by atoms with Crippen molar-refractivity contribution in [3.63, 3.8) is 0 Å². The number of hydrogen-bond donors (Lipinski definition) is 0. The van der Waals surface area contributed by atoms with E-state index < -0.39 is 0 Å². The molecular formula is C24H20Cl2N4O2S. The second kappa shape index (κ2) is 10.2. The van der Waals surface area contributed by atoms with E-state index in [1.54, 1.807) is 43.4 Å². The molecule has 0 radical (unpaired) electrons. The fourth-order valence-corrected chi connectivity index (χ4v) is 4.26. The van der Waals surface area contributed by atoms with Gasteiger partial charge in [0, 0.05) is 28.9 Å². The Morgan fingerprint density at radius 1 is 1.03 bits per heavy atom. The molecule has 0 atom stereocenters. The average molecular weight is 499 g/mol. The van der Waals surface area contributed by atoms with Crippen molar-refractivity contribution in [3.05, 3.63) is 86.7 Å². The summed E-state index contributed by atoms with van der Waals surface area (Å²) in [5.74, 6) is 1.40. The van der Waals surface area contributed by atoms with Gasteiger partial charge in [0.15, 0.2) is 0 Å². The molecule has 2 aromatic carbocycles. The van der Waals surface area contributed by atoms with Gasteiger partial charge in [0.1, 0.15) is 11.5 Å². The highest BCUT2D eigenvalue weighted by Crippen LogP contribution is 2.34. The Balaban J connectivity index is 1.95. The van der Waals surface area contributed by atoms with Gasteiger partial charge < -0.3 is 9.47 Å². The van der Waals surface area contributed by atoms with Gasteiger partial charge in [-0.2, -0.15) is 5.10 Å². The molecule has 33 heavy (non-hydrogen) atoms. The van der Waals surface area contributed by atoms with Crippen molar-refractivity contribution < 1.29 is 9.47 Å². The molecule has 0 amide bonds. The maximum atomic E-state index is 6.20. The normalized spacial score (nSPS) is 12.2. The van der Waals surface area contributed by atoms with Gasteiger partial charge in [-0.25, -0.2) is 9.67 Å². The van der Waals surface area contributed by atoms with Crippen LogP contribution < -0.4 is 14.3 Å². The maximum absolute atomic E-state index is 6.20. The van der Waals surface area contributed by atoms with Crippen LogP contribution in [0.25, 0.3) is 11.3 Å². The van der Waals surface area contributed by atoms with E-state index in [9.17, 15) is 0 Å². The Morgan fingerprint density at radius 2 is 1.88 bits per heavy atom. The first kappa shape index (κ1) is 23.0. The van der Waals surface area contributed by atoms with Gasteiger partial charge in [0.25, 0.3) is 0 Å². The third kappa shape index (κ3) is 5.11. The number of hydrogen-bond acceptors (Lipinski definition) is 6. The van der Waals surface area contributed by atoms with Crippen LogP contribution in [-0.2, 0) is 0 Å². The van der Waals surface area contributed by atoms with Crippen LogP contribution in [0.4, 0.5) is 5.69 Å². The summed E-state index contributed by atoms with van der Waals surface area (Å²) in [5.41, 5.74) is 3.98. The average Bonchev–Trinajstić information content (AvgIpc) is 3.23. The molecule has 0 bridgehead atoms.